The van der Waals surface area contributed by atoms with Crippen molar-refractivity contribution in [1.29, 1.82) is 0 Å². The van der Waals surface area contributed by atoms with Crippen LogP contribution < -0.4 is 10.6 Å². The molecular weight excluding hydrogens is 266 g/mol. The zero-order valence-corrected chi connectivity index (χ0v) is 12.7. The third kappa shape index (κ3) is 5.83. The number of hydrogen-bond acceptors (Lipinski definition) is 4. The van der Waals surface area contributed by atoms with Gasteiger partial charge in [0.1, 0.15) is 0 Å². The Kier molecular flexibility index (Phi) is 6.66. The van der Waals surface area contributed by atoms with Gasteiger partial charge in [-0.05, 0) is 38.6 Å². The first kappa shape index (κ1) is 15.9. The highest BCUT2D eigenvalue weighted by Gasteiger charge is 2.13. The first-order valence-corrected chi connectivity index (χ1v) is 7.65. The molecule has 2 rings (SSSR count). The van der Waals surface area contributed by atoms with Gasteiger partial charge in [0, 0.05) is 18.8 Å². The highest BCUT2D eigenvalue weighted by atomic mass is 16.5. The lowest BCUT2D eigenvalue weighted by Gasteiger charge is -2.26. The van der Waals surface area contributed by atoms with Crippen LogP contribution in [0.4, 0.5) is 5.69 Å². The molecule has 0 bridgehead atoms. The number of carbonyl (C=O) groups is 1. The Labute approximate surface area is 126 Å². The molecule has 1 fully saturated rings. The second-order valence-electron chi connectivity index (χ2n) is 5.34. The number of carbonyl (C=O) groups excluding carboxylic acids is 1. The van der Waals surface area contributed by atoms with E-state index in [1.165, 1.54) is 0 Å². The Morgan fingerprint density at radius 3 is 2.71 bits per heavy atom. The van der Waals surface area contributed by atoms with Gasteiger partial charge in [-0.1, -0.05) is 18.2 Å². The lowest BCUT2D eigenvalue weighted by atomic mass is 10.2. The van der Waals surface area contributed by atoms with Crippen LogP contribution in [0.15, 0.2) is 30.3 Å². The van der Waals surface area contributed by atoms with E-state index >= 15 is 0 Å². The summed E-state index contributed by atoms with van der Waals surface area (Å²) in [5.74, 6) is 0.00701. The summed E-state index contributed by atoms with van der Waals surface area (Å²) >= 11 is 0. The summed E-state index contributed by atoms with van der Waals surface area (Å²) < 4.78 is 5.32. The minimum absolute atomic E-state index is 0.00701. The number of rotatable bonds is 7. The average Bonchev–Trinajstić information content (AvgIpc) is 2.53. The molecule has 1 atom stereocenters. The van der Waals surface area contributed by atoms with E-state index in [0.717, 1.165) is 51.5 Å². The van der Waals surface area contributed by atoms with Crippen LogP contribution in [0.25, 0.3) is 0 Å². The van der Waals surface area contributed by atoms with Crippen molar-refractivity contribution in [2.75, 3.05) is 44.7 Å². The quantitative estimate of drug-likeness (QED) is 0.744. The van der Waals surface area contributed by atoms with Crippen molar-refractivity contribution < 1.29 is 9.53 Å². The van der Waals surface area contributed by atoms with Gasteiger partial charge in [0.2, 0.25) is 5.91 Å². The van der Waals surface area contributed by atoms with E-state index in [0.29, 0.717) is 0 Å². The topological polar surface area (TPSA) is 53.6 Å². The van der Waals surface area contributed by atoms with Gasteiger partial charge in [0.25, 0.3) is 0 Å². The van der Waals surface area contributed by atoms with Gasteiger partial charge < -0.3 is 15.4 Å². The monoisotopic (exact) mass is 291 g/mol. The molecule has 21 heavy (non-hydrogen) atoms. The second kappa shape index (κ2) is 8.77. The lowest BCUT2D eigenvalue weighted by Crippen LogP contribution is -2.41. The number of morpholine rings is 1. The molecule has 1 aromatic rings. The molecule has 0 unspecified atom stereocenters. The minimum atomic E-state index is -0.185. The number of amides is 1. The van der Waals surface area contributed by atoms with E-state index in [1.807, 2.05) is 37.3 Å². The normalized spacial score (nSPS) is 17.4. The van der Waals surface area contributed by atoms with Crippen molar-refractivity contribution in [3.05, 3.63) is 30.3 Å². The number of anilines is 1. The highest BCUT2D eigenvalue weighted by Crippen LogP contribution is 2.05. The summed E-state index contributed by atoms with van der Waals surface area (Å²) in [6.45, 7) is 7.51. The van der Waals surface area contributed by atoms with Gasteiger partial charge in [0.05, 0.1) is 19.3 Å². The van der Waals surface area contributed by atoms with E-state index in [1.54, 1.807) is 0 Å². The second-order valence-corrected chi connectivity index (χ2v) is 5.34. The van der Waals surface area contributed by atoms with Gasteiger partial charge in [-0.3, -0.25) is 9.69 Å². The summed E-state index contributed by atoms with van der Waals surface area (Å²) in [6.07, 6.45) is 1.04. The zero-order valence-electron chi connectivity index (χ0n) is 12.7. The fraction of sp³-hybridized carbons (Fsp3) is 0.562. The zero-order chi connectivity index (χ0) is 14.9. The maximum atomic E-state index is 12.0. The third-order valence-corrected chi connectivity index (χ3v) is 3.64. The molecule has 1 heterocycles. The van der Waals surface area contributed by atoms with Crippen molar-refractivity contribution in [2.45, 2.75) is 19.4 Å². The van der Waals surface area contributed by atoms with Crippen molar-refractivity contribution in [3.63, 3.8) is 0 Å². The molecule has 1 aliphatic heterocycles. The van der Waals surface area contributed by atoms with Crippen molar-refractivity contribution >= 4 is 11.6 Å². The van der Waals surface area contributed by atoms with Gasteiger partial charge >= 0.3 is 0 Å². The lowest BCUT2D eigenvalue weighted by molar-refractivity contribution is -0.117. The van der Waals surface area contributed by atoms with Crippen LogP contribution >= 0.6 is 0 Å². The van der Waals surface area contributed by atoms with E-state index < -0.39 is 0 Å². The highest BCUT2D eigenvalue weighted by molar-refractivity contribution is 5.94. The van der Waals surface area contributed by atoms with Crippen LogP contribution in [0.5, 0.6) is 0 Å². The Hall–Kier alpha value is -1.43. The van der Waals surface area contributed by atoms with Crippen molar-refractivity contribution in [3.8, 4) is 0 Å². The summed E-state index contributed by atoms with van der Waals surface area (Å²) in [4.78, 5) is 14.4. The van der Waals surface area contributed by atoms with Crippen LogP contribution in [0.1, 0.15) is 13.3 Å². The molecule has 5 heteroatoms. The van der Waals surface area contributed by atoms with E-state index in [9.17, 15) is 4.79 Å². The SMILES string of the molecule is C[C@@H](NCCCN1CCOCC1)C(=O)Nc1ccccc1. The first-order chi connectivity index (χ1) is 10.3. The van der Waals surface area contributed by atoms with Crippen LogP contribution in [0, 0.1) is 0 Å². The van der Waals surface area contributed by atoms with Crippen LogP contribution in [0.3, 0.4) is 0 Å². The number of para-hydroxylation sites is 1. The Morgan fingerprint density at radius 1 is 1.29 bits per heavy atom. The number of nitrogens with zero attached hydrogens (tertiary/aromatic N) is 1. The first-order valence-electron chi connectivity index (χ1n) is 7.65. The van der Waals surface area contributed by atoms with Crippen LogP contribution in [-0.4, -0.2) is 56.2 Å². The molecule has 1 saturated heterocycles. The minimum Gasteiger partial charge on any atom is -0.379 e. The Balaban J connectivity index is 1.60. The Bertz CT molecular complexity index is 419. The smallest absolute Gasteiger partial charge is 0.241 e. The number of ether oxygens (including phenoxy) is 1. The molecule has 1 aromatic carbocycles. The Morgan fingerprint density at radius 2 is 2.00 bits per heavy atom. The predicted octanol–water partition coefficient (Wildman–Crippen LogP) is 1.33. The molecule has 0 aromatic heterocycles. The summed E-state index contributed by atoms with van der Waals surface area (Å²) in [7, 11) is 0. The molecule has 116 valence electrons. The van der Waals surface area contributed by atoms with Crippen molar-refractivity contribution in [2.24, 2.45) is 0 Å². The summed E-state index contributed by atoms with van der Waals surface area (Å²) in [5, 5.41) is 6.18. The fourth-order valence-corrected chi connectivity index (χ4v) is 2.31. The molecule has 1 amide bonds. The molecule has 0 aliphatic carbocycles. The van der Waals surface area contributed by atoms with Gasteiger partial charge in [-0.2, -0.15) is 0 Å². The van der Waals surface area contributed by atoms with E-state index in [2.05, 4.69) is 15.5 Å². The average molecular weight is 291 g/mol. The molecule has 1 aliphatic rings. The number of benzene rings is 1. The van der Waals surface area contributed by atoms with Crippen LogP contribution in [-0.2, 0) is 9.53 Å². The maximum absolute atomic E-state index is 12.0. The van der Waals surface area contributed by atoms with Gasteiger partial charge in [0.15, 0.2) is 0 Å². The summed E-state index contributed by atoms with van der Waals surface area (Å²) in [6, 6.07) is 9.36. The van der Waals surface area contributed by atoms with Gasteiger partial charge in [-0.25, -0.2) is 0 Å². The largest absolute Gasteiger partial charge is 0.379 e. The van der Waals surface area contributed by atoms with Crippen LogP contribution in [0.2, 0.25) is 0 Å². The molecular formula is C16H25N3O2. The fourth-order valence-electron chi connectivity index (χ4n) is 2.31. The number of hydrogen-bond donors (Lipinski definition) is 2. The van der Waals surface area contributed by atoms with Crippen molar-refractivity contribution in [1.82, 2.24) is 10.2 Å². The maximum Gasteiger partial charge on any atom is 0.241 e. The molecule has 0 saturated carbocycles. The third-order valence-electron chi connectivity index (χ3n) is 3.64. The molecule has 0 spiro atoms. The molecule has 5 nitrogen and oxygen atoms in total. The number of nitrogens with one attached hydrogen (secondary N) is 2. The van der Waals surface area contributed by atoms with Gasteiger partial charge in [-0.15, -0.1) is 0 Å². The summed E-state index contributed by atoms with van der Waals surface area (Å²) in [5.41, 5.74) is 0.837. The molecule has 0 radical (unpaired) electrons. The van der Waals surface area contributed by atoms with E-state index in [4.69, 9.17) is 4.74 Å². The molecule has 2 N–H and O–H groups in total. The van der Waals surface area contributed by atoms with E-state index in [-0.39, 0.29) is 11.9 Å². The predicted molar refractivity (Wildman–Crippen MR) is 84.4 cm³/mol. The standard InChI is InChI=1S/C16H25N3O2/c1-14(16(20)18-15-6-3-2-4-7-15)17-8-5-9-19-10-12-21-13-11-19/h2-4,6-7,14,17H,5,8-13H2,1H3,(H,18,20)/t14-/m1/s1.